The first-order valence-electron chi connectivity index (χ1n) is 7.58. The SMILES string of the molecule is CCc1nc(NN)c(C)c(N2CC(C)CC(C)C2C)n1. The second-order valence-electron chi connectivity index (χ2n) is 6.15. The van der Waals surface area contributed by atoms with Crippen molar-refractivity contribution in [2.24, 2.45) is 17.7 Å². The van der Waals surface area contributed by atoms with Gasteiger partial charge in [-0.25, -0.2) is 15.8 Å². The van der Waals surface area contributed by atoms with Crippen molar-refractivity contribution in [3.8, 4) is 0 Å². The Labute approximate surface area is 121 Å². The third-order valence-corrected chi connectivity index (χ3v) is 4.49. The molecule has 20 heavy (non-hydrogen) atoms. The van der Waals surface area contributed by atoms with Gasteiger partial charge in [-0.15, -0.1) is 0 Å². The van der Waals surface area contributed by atoms with Gasteiger partial charge in [-0.3, -0.25) is 0 Å². The van der Waals surface area contributed by atoms with Crippen molar-refractivity contribution in [2.75, 3.05) is 16.9 Å². The highest BCUT2D eigenvalue weighted by molar-refractivity contribution is 5.59. The molecule has 112 valence electrons. The molecule has 1 aromatic rings. The van der Waals surface area contributed by atoms with Crippen LogP contribution in [0.2, 0.25) is 0 Å². The van der Waals surface area contributed by atoms with E-state index in [1.54, 1.807) is 0 Å². The van der Waals surface area contributed by atoms with Crippen molar-refractivity contribution in [1.82, 2.24) is 9.97 Å². The van der Waals surface area contributed by atoms with Crippen molar-refractivity contribution < 1.29 is 0 Å². The molecule has 0 amide bonds. The Morgan fingerprint density at radius 3 is 2.60 bits per heavy atom. The molecule has 0 saturated carbocycles. The molecule has 3 N–H and O–H groups in total. The van der Waals surface area contributed by atoms with Gasteiger partial charge in [0.2, 0.25) is 0 Å². The number of nitrogens with one attached hydrogen (secondary N) is 1. The maximum absolute atomic E-state index is 5.60. The van der Waals surface area contributed by atoms with Crippen LogP contribution < -0.4 is 16.2 Å². The van der Waals surface area contributed by atoms with E-state index in [1.165, 1.54) is 6.42 Å². The molecule has 0 aliphatic carbocycles. The molecule has 0 spiro atoms. The number of nitrogens with two attached hydrogens (primary N) is 1. The second kappa shape index (κ2) is 5.95. The molecule has 5 heteroatoms. The Hall–Kier alpha value is -1.36. The summed E-state index contributed by atoms with van der Waals surface area (Å²) in [5.74, 6) is 9.59. The number of piperidine rings is 1. The normalized spacial score (nSPS) is 26.7. The summed E-state index contributed by atoms with van der Waals surface area (Å²) in [7, 11) is 0. The van der Waals surface area contributed by atoms with Crippen LogP contribution in [0.1, 0.15) is 45.5 Å². The van der Waals surface area contributed by atoms with Gasteiger partial charge in [0.05, 0.1) is 0 Å². The van der Waals surface area contributed by atoms with Crippen LogP contribution in [-0.2, 0) is 6.42 Å². The Bertz CT molecular complexity index is 474. The summed E-state index contributed by atoms with van der Waals surface area (Å²) in [4.78, 5) is 11.6. The molecular formula is C15H27N5. The zero-order valence-electron chi connectivity index (χ0n) is 13.3. The molecular weight excluding hydrogens is 250 g/mol. The number of aryl methyl sites for hydroxylation is 1. The number of nitrogens with zero attached hydrogens (tertiary/aromatic N) is 3. The number of nitrogen functional groups attached to an aromatic ring is 1. The van der Waals surface area contributed by atoms with Crippen LogP contribution >= 0.6 is 0 Å². The van der Waals surface area contributed by atoms with Gasteiger partial charge < -0.3 is 10.3 Å². The molecule has 2 heterocycles. The van der Waals surface area contributed by atoms with Crippen molar-refractivity contribution in [3.05, 3.63) is 11.4 Å². The first kappa shape index (κ1) is 15.0. The third kappa shape index (κ3) is 2.73. The van der Waals surface area contributed by atoms with Crippen LogP contribution in [0, 0.1) is 18.8 Å². The molecule has 1 saturated heterocycles. The van der Waals surface area contributed by atoms with Crippen molar-refractivity contribution >= 4 is 11.6 Å². The minimum absolute atomic E-state index is 0.495. The van der Waals surface area contributed by atoms with Gasteiger partial charge in [0.1, 0.15) is 17.5 Å². The van der Waals surface area contributed by atoms with Crippen LogP contribution in [0.25, 0.3) is 0 Å². The molecule has 3 atom stereocenters. The minimum atomic E-state index is 0.495. The number of hydrazine groups is 1. The average Bonchev–Trinajstić information content (AvgIpc) is 2.43. The lowest BCUT2D eigenvalue weighted by Crippen LogP contribution is -2.46. The zero-order valence-corrected chi connectivity index (χ0v) is 13.3. The molecule has 5 nitrogen and oxygen atoms in total. The topological polar surface area (TPSA) is 67.1 Å². The first-order chi connectivity index (χ1) is 9.47. The number of anilines is 2. The monoisotopic (exact) mass is 277 g/mol. The summed E-state index contributed by atoms with van der Waals surface area (Å²) in [5.41, 5.74) is 3.75. The van der Waals surface area contributed by atoms with Gasteiger partial charge in [-0.05, 0) is 32.1 Å². The third-order valence-electron chi connectivity index (χ3n) is 4.49. The van der Waals surface area contributed by atoms with Crippen LogP contribution in [0.5, 0.6) is 0 Å². The van der Waals surface area contributed by atoms with E-state index in [0.29, 0.717) is 17.9 Å². The zero-order chi connectivity index (χ0) is 14.9. The van der Waals surface area contributed by atoms with Crippen LogP contribution in [-0.4, -0.2) is 22.6 Å². The summed E-state index contributed by atoms with van der Waals surface area (Å²) in [6, 6.07) is 0.495. The molecule has 3 unspecified atom stereocenters. The van der Waals surface area contributed by atoms with Crippen LogP contribution in [0.4, 0.5) is 11.6 Å². The summed E-state index contributed by atoms with van der Waals surface area (Å²) in [6.45, 7) is 12.1. The van der Waals surface area contributed by atoms with E-state index >= 15 is 0 Å². The summed E-state index contributed by atoms with van der Waals surface area (Å²) >= 11 is 0. The number of rotatable bonds is 3. The molecule has 0 radical (unpaired) electrons. The quantitative estimate of drug-likeness (QED) is 0.656. The number of hydrogen-bond acceptors (Lipinski definition) is 5. The smallest absolute Gasteiger partial charge is 0.148 e. The maximum Gasteiger partial charge on any atom is 0.148 e. The van der Waals surface area contributed by atoms with E-state index in [4.69, 9.17) is 10.8 Å². The highest BCUT2D eigenvalue weighted by Crippen LogP contribution is 2.33. The Balaban J connectivity index is 2.44. The largest absolute Gasteiger partial charge is 0.353 e. The predicted molar refractivity (Wildman–Crippen MR) is 83.7 cm³/mol. The van der Waals surface area contributed by atoms with E-state index in [9.17, 15) is 0 Å². The van der Waals surface area contributed by atoms with Gasteiger partial charge in [0.25, 0.3) is 0 Å². The molecule has 1 aromatic heterocycles. The highest BCUT2D eigenvalue weighted by Gasteiger charge is 2.31. The summed E-state index contributed by atoms with van der Waals surface area (Å²) in [5, 5.41) is 0. The van der Waals surface area contributed by atoms with Crippen molar-refractivity contribution in [2.45, 2.75) is 53.5 Å². The summed E-state index contributed by atoms with van der Waals surface area (Å²) < 4.78 is 0. The van der Waals surface area contributed by atoms with Crippen LogP contribution in [0.15, 0.2) is 0 Å². The van der Waals surface area contributed by atoms with E-state index < -0.39 is 0 Å². The average molecular weight is 277 g/mol. The second-order valence-corrected chi connectivity index (χ2v) is 6.15. The summed E-state index contributed by atoms with van der Waals surface area (Å²) in [6.07, 6.45) is 2.10. The lowest BCUT2D eigenvalue weighted by atomic mass is 9.86. The van der Waals surface area contributed by atoms with E-state index in [1.807, 2.05) is 6.92 Å². The molecule has 2 rings (SSSR count). The maximum atomic E-state index is 5.60. The van der Waals surface area contributed by atoms with E-state index in [0.717, 1.165) is 36.0 Å². The molecule has 1 aliphatic rings. The number of hydrogen-bond donors (Lipinski definition) is 2. The Morgan fingerprint density at radius 1 is 1.30 bits per heavy atom. The van der Waals surface area contributed by atoms with Gasteiger partial charge in [-0.2, -0.15) is 0 Å². The van der Waals surface area contributed by atoms with Crippen LogP contribution in [0.3, 0.4) is 0 Å². The molecule has 1 fully saturated rings. The lowest BCUT2D eigenvalue weighted by molar-refractivity contribution is 0.295. The van der Waals surface area contributed by atoms with Crippen molar-refractivity contribution in [1.29, 1.82) is 0 Å². The number of aromatic nitrogens is 2. The molecule has 0 aromatic carbocycles. The molecule has 1 aliphatic heterocycles. The van der Waals surface area contributed by atoms with E-state index in [-0.39, 0.29) is 0 Å². The fourth-order valence-electron chi connectivity index (χ4n) is 3.12. The van der Waals surface area contributed by atoms with Gasteiger partial charge in [-0.1, -0.05) is 20.8 Å². The first-order valence-corrected chi connectivity index (χ1v) is 7.58. The lowest BCUT2D eigenvalue weighted by Gasteiger charge is -2.42. The van der Waals surface area contributed by atoms with Crippen molar-refractivity contribution in [3.63, 3.8) is 0 Å². The Morgan fingerprint density at radius 2 is 2.00 bits per heavy atom. The van der Waals surface area contributed by atoms with Gasteiger partial charge >= 0.3 is 0 Å². The Kier molecular flexibility index (Phi) is 4.48. The van der Waals surface area contributed by atoms with Gasteiger partial charge in [0.15, 0.2) is 0 Å². The fraction of sp³-hybridized carbons (Fsp3) is 0.733. The minimum Gasteiger partial charge on any atom is -0.353 e. The highest BCUT2D eigenvalue weighted by atomic mass is 15.3. The molecule has 0 bridgehead atoms. The predicted octanol–water partition coefficient (Wildman–Crippen LogP) is 2.50. The fourth-order valence-corrected chi connectivity index (χ4v) is 3.12. The standard InChI is InChI=1S/C15H27N5/c1-6-13-17-14(19-16)11(4)15(18-13)20-8-9(2)7-10(3)12(20)5/h9-10,12H,6-8,16H2,1-5H3,(H,17,18,19). The van der Waals surface area contributed by atoms with E-state index in [2.05, 4.69) is 43.0 Å². The van der Waals surface area contributed by atoms with Gasteiger partial charge in [0, 0.05) is 24.6 Å².